The van der Waals surface area contributed by atoms with Crippen LogP contribution in [0.3, 0.4) is 0 Å². The van der Waals surface area contributed by atoms with Crippen LogP contribution in [0, 0.1) is 22.0 Å². The van der Waals surface area contributed by atoms with Gasteiger partial charge in [0.25, 0.3) is 0 Å². The standard InChI is InChI=1S/C13H20N4O2/c1-9(2)11-5-3-4-6-12(11)16-13-14-7-10(8-15-13)17(18)19/h7-9,11-12H,3-6H2,1-2H3,(H,14,15,16). The van der Waals surface area contributed by atoms with E-state index in [1.165, 1.54) is 31.7 Å². The molecule has 0 spiro atoms. The fraction of sp³-hybridized carbons (Fsp3) is 0.692. The first-order valence-corrected chi connectivity index (χ1v) is 6.81. The van der Waals surface area contributed by atoms with Gasteiger partial charge in [-0.2, -0.15) is 0 Å². The maximum absolute atomic E-state index is 10.5. The highest BCUT2D eigenvalue weighted by Crippen LogP contribution is 2.31. The third-order valence-electron chi connectivity index (χ3n) is 3.84. The summed E-state index contributed by atoms with van der Waals surface area (Å²) in [4.78, 5) is 18.1. The van der Waals surface area contributed by atoms with Gasteiger partial charge in [-0.1, -0.05) is 26.7 Å². The summed E-state index contributed by atoms with van der Waals surface area (Å²) < 4.78 is 0. The summed E-state index contributed by atoms with van der Waals surface area (Å²) in [6.07, 6.45) is 7.34. The molecule has 6 nitrogen and oxygen atoms in total. The molecule has 1 aliphatic carbocycles. The van der Waals surface area contributed by atoms with E-state index >= 15 is 0 Å². The lowest BCUT2D eigenvalue weighted by molar-refractivity contribution is -0.385. The van der Waals surface area contributed by atoms with Crippen LogP contribution in [0.4, 0.5) is 11.6 Å². The van der Waals surface area contributed by atoms with Crippen molar-refractivity contribution in [3.63, 3.8) is 0 Å². The predicted octanol–water partition coefficient (Wildman–Crippen LogP) is 3.01. The molecule has 104 valence electrons. The molecule has 1 saturated carbocycles. The molecule has 2 unspecified atom stereocenters. The summed E-state index contributed by atoms with van der Waals surface area (Å²) in [6.45, 7) is 4.47. The van der Waals surface area contributed by atoms with Gasteiger partial charge in [0.15, 0.2) is 0 Å². The topological polar surface area (TPSA) is 81.0 Å². The van der Waals surface area contributed by atoms with Crippen LogP contribution in [0.15, 0.2) is 12.4 Å². The van der Waals surface area contributed by atoms with Gasteiger partial charge in [-0.15, -0.1) is 0 Å². The second-order valence-corrected chi connectivity index (χ2v) is 5.47. The fourth-order valence-corrected chi connectivity index (χ4v) is 2.79. The van der Waals surface area contributed by atoms with Gasteiger partial charge in [-0.25, -0.2) is 9.97 Å². The van der Waals surface area contributed by atoms with Crippen LogP contribution in [-0.2, 0) is 0 Å². The molecule has 0 amide bonds. The maximum atomic E-state index is 10.5. The Hall–Kier alpha value is -1.72. The average Bonchev–Trinajstić information content (AvgIpc) is 2.39. The zero-order valence-electron chi connectivity index (χ0n) is 11.4. The molecular weight excluding hydrogens is 244 g/mol. The normalized spacial score (nSPS) is 23.3. The second kappa shape index (κ2) is 5.95. The summed E-state index contributed by atoms with van der Waals surface area (Å²) in [7, 11) is 0. The van der Waals surface area contributed by atoms with E-state index in [2.05, 4.69) is 29.1 Å². The van der Waals surface area contributed by atoms with Gasteiger partial charge in [-0.3, -0.25) is 10.1 Å². The number of rotatable bonds is 4. The predicted molar refractivity (Wildman–Crippen MR) is 72.9 cm³/mol. The minimum absolute atomic E-state index is 0.0744. The lowest BCUT2D eigenvalue weighted by Crippen LogP contribution is -2.35. The molecule has 1 fully saturated rings. The van der Waals surface area contributed by atoms with Crippen LogP contribution >= 0.6 is 0 Å². The van der Waals surface area contributed by atoms with Crippen LogP contribution < -0.4 is 5.32 Å². The highest BCUT2D eigenvalue weighted by Gasteiger charge is 2.27. The minimum atomic E-state index is -0.485. The van der Waals surface area contributed by atoms with E-state index in [1.807, 2.05) is 0 Å². The zero-order chi connectivity index (χ0) is 13.8. The molecule has 1 aliphatic rings. The molecule has 1 aromatic rings. The summed E-state index contributed by atoms with van der Waals surface area (Å²) in [5.74, 6) is 1.73. The number of hydrogen-bond acceptors (Lipinski definition) is 5. The molecular formula is C13H20N4O2. The van der Waals surface area contributed by atoms with Gasteiger partial charge >= 0.3 is 5.69 Å². The Bertz CT molecular complexity index is 433. The lowest BCUT2D eigenvalue weighted by atomic mass is 9.78. The Morgan fingerprint density at radius 1 is 1.32 bits per heavy atom. The van der Waals surface area contributed by atoms with E-state index < -0.39 is 4.92 Å². The summed E-state index contributed by atoms with van der Waals surface area (Å²) in [5, 5.41) is 13.9. The van der Waals surface area contributed by atoms with Crippen molar-refractivity contribution in [1.29, 1.82) is 0 Å². The van der Waals surface area contributed by atoms with Gasteiger partial charge in [-0.05, 0) is 24.7 Å². The first-order valence-electron chi connectivity index (χ1n) is 6.81. The largest absolute Gasteiger partial charge is 0.351 e. The van der Waals surface area contributed by atoms with Crippen molar-refractivity contribution in [3.05, 3.63) is 22.5 Å². The Balaban J connectivity index is 2.04. The highest BCUT2D eigenvalue weighted by molar-refractivity contribution is 5.31. The van der Waals surface area contributed by atoms with Crippen molar-refractivity contribution < 1.29 is 4.92 Å². The quantitative estimate of drug-likeness (QED) is 0.667. The maximum Gasteiger partial charge on any atom is 0.305 e. The number of anilines is 1. The Morgan fingerprint density at radius 2 is 1.95 bits per heavy atom. The zero-order valence-corrected chi connectivity index (χ0v) is 11.4. The molecule has 1 N–H and O–H groups in total. The van der Waals surface area contributed by atoms with Crippen molar-refractivity contribution in [2.75, 3.05) is 5.32 Å². The van der Waals surface area contributed by atoms with E-state index in [9.17, 15) is 10.1 Å². The molecule has 1 heterocycles. The van der Waals surface area contributed by atoms with Crippen molar-refractivity contribution in [1.82, 2.24) is 9.97 Å². The first kappa shape index (κ1) is 13.7. The monoisotopic (exact) mass is 264 g/mol. The number of aromatic nitrogens is 2. The molecule has 0 aliphatic heterocycles. The van der Waals surface area contributed by atoms with Crippen molar-refractivity contribution in [3.8, 4) is 0 Å². The molecule has 2 atom stereocenters. The third-order valence-corrected chi connectivity index (χ3v) is 3.84. The van der Waals surface area contributed by atoms with Gasteiger partial charge in [0.2, 0.25) is 5.95 Å². The number of nitrogens with zero attached hydrogens (tertiary/aromatic N) is 3. The number of hydrogen-bond donors (Lipinski definition) is 1. The Kier molecular flexibility index (Phi) is 4.29. The van der Waals surface area contributed by atoms with Crippen molar-refractivity contribution >= 4 is 11.6 Å². The second-order valence-electron chi connectivity index (χ2n) is 5.47. The van der Waals surface area contributed by atoms with Crippen molar-refractivity contribution in [2.24, 2.45) is 11.8 Å². The van der Waals surface area contributed by atoms with Crippen LogP contribution in [0.2, 0.25) is 0 Å². The molecule has 0 radical (unpaired) electrons. The molecule has 2 rings (SSSR count). The Morgan fingerprint density at radius 3 is 2.53 bits per heavy atom. The van der Waals surface area contributed by atoms with Crippen LogP contribution in [0.5, 0.6) is 0 Å². The summed E-state index contributed by atoms with van der Waals surface area (Å²) in [5.41, 5.74) is -0.0744. The fourth-order valence-electron chi connectivity index (χ4n) is 2.79. The van der Waals surface area contributed by atoms with E-state index in [4.69, 9.17) is 0 Å². The van der Waals surface area contributed by atoms with E-state index in [0.29, 0.717) is 23.8 Å². The minimum Gasteiger partial charge on any atom is -0.351 e. The molecule has 0 aromatic carbocycles. The summed E-state index contributed by atoms with van der Waals surface area (Å²) >= 11 is 0. The lowest BCUT2D eigenvalue weighted by Gasteiger charge is -2.34. The smallest absolute Gasteiger partial charge is 0.305 e. The van der Waals surface area contributed by atoms with Crippen LogP contribution in [0.1, 0.15) is 39.5 Å². The number of nitro groups is 1. The third kappa shape index (κ3) is 3.39. The van der Waals surface area contributed by atoms with Crippen molar-refractivity contribution in [2.45, 2.75) is 45.6 Å². The highest BCUT2D eigenvalue weighted by atomic mass is 16.6. The molecule has 0 bridgehead atoms. The molecule has 6 heteroatoms. The van der Waals surface area contributed by atoms with E-state index in [0.717, 1.165) is 6.42 Å². The Labute approximate surface area is 112 Å². The number of nitrogens with one attached hydrogen (secondary N) is 1. The first-order chi connectivity index (χ1) is 9.08. The van der Waals surface area contributed by atoms with Gasteiger partial charge in [0.05, 0.1) is 4.92 Å². The van der Waals surface area contributed by atoms with Crippen LogP contribution in [-0.4, -0.2) is 20.9 Å². The van der Waals surface area contributed by atoms with Gasteiger partial charge < -0.3 is 5.32 Å². The van der Waals surface area contributed by atoms with Gasteiger partial charge in [0, 0.05) is 6.04 Å². The molecule has 1 aromatic heterocycles. The molecule has 0 saturated heterocycles. The van der Waals surface area contributed by atoms with E-state index in [1.54, 1.807) is 0 Å². The summed E-state index contributed by atoms with van der Waals surface area (Å²) in [6, 6.07) is 0.371. The van der Waals surface area contributed by atoms with E-state index in [-0.39, 0.29) is 5.69 Å². The molecule has 19 heavy (non-hydrogen) atoms. The van der Waals surface area contributed by atoms with Crippen LogP contribution in [0.25, 0.3) is 0 Å². The average molecular weight is 264 g/mol. The SMILES string of the molecule is CC(C)C1CCCCC1Nc1ncc([N+](=O)[O-])cn1. The van der Waals surface area contributed by atoms with Gasteiger partial charge in [0.1, 0.15) is 12.4 Å².